The molecule has 4 aromatic heterocycles. The third-order valence-electron chi connectivity index (χ3n) is 10.2. The first-order chi connectivity index (χ1) is 25.7. The average Bonchev–Trinajstić information content (AvgIpc) is 3.86. The Morgan fingerprint density at radius 2 is 1.17 bits per heavy atom. The molecule has 0 aliphatic carbocycles. The van der Waals surface area contributed by atoms with E-state index in [9.17, 15) is 0 Å². The quantitative estimate of drug-likeness (QED) is 0.134. The molecule has 0 saturated carbocycles. The Labute approximate surface area is 353 Å². The van der Waals surface area contributed by atoms with Crippen LogP contribution in [0, 0.1) is 0 Å². The molecule has 0 bridgehead atoms. The first kappa shape index (κ1) is 33.9. The van der Waals surface area contributed by atoms with Crippen LogP contribution < -0.4 is 56.4 Å². The second kappa shape index (κ2) is 13.8. The number of allylic oxidation sites excluding steroid dienone is 1. The second-order valence-electron chi connectivity index (χ2n) is 13.2. The van der Waals surface area contributed by atoms with Crippen LogP contribution in [-0.4, -0.2) is 9.55 Å². The van der Waals surface area contributed by atoms with E-state index in [1.165, 1.54) is 85.8 Å². The molecule has 0 unspecified atom stereocenters. The zero-order chi connectivity index (χ0) is 34.8. The number of pyridine rings is 1. The van der Waals surface area contributed by atoms with Gasteiger partial charge in [0.15, 0.2) is 0 Å². The Bertz CT molecular complexity index is 3180. The fourth-order valence-electron chi connectivity index (χ4n) is 7.91. The number of fused-ring (bicyclic) bond motifs is 10. The third-order valence-corrected chi connectivity index (χ3v) is 11.3. The van der Waals surface area contributed by atoms with Crippen molar-refractivity contribution < 1.29 is 51.4 Å². The van der Waals surface area contributed by atoms with Crippen molar-refractivity contribution in [2.24, 2.45) is 0 Å². The number of aromatic nitrogens is 3. The van der Waals surface area contributed by atoms with Crippen LogP contribution in [0.3, 0.4) is 0 Å². The number of nitrogens with zero attached hydrogens (tertiary/aromatic N) is 3. The fourth-order valence-corrected chi connectivity index (χ4v) is 8.97. The number of para-hydroxylation sites is 2. The molecule has 246 valence electrons. The minimum atomic E-state index is 0. The normalized spacial score (nSPS) is 11.4. The third kappa shape index (κ3) is 5.59. The van der Waals surface area contributed by atoms with Gasteiger partial charge in [-0.25, -0.2) is 0 Å². The van der Waals surface area contributed by atoms with Gasteiger partial charge in [-0.05, 0) is 93.2 Å². The van der Waals surface area contributed by atoms with Gasteiger partial charge in [0.05, 0.1) is 11.0 Å². The van der Waals surface area contributed by atoms with Crippen molar-refractivity contribution in [2.45, 2.75) is 6.92 Å². The van der Waals surface area contributed by atoms with Gasteiger partial charge in [-0.3, -0.25) is 4.98 Å². The van der Waals surface area contributed by atoms with Crippen molar-refractivity contribution in [3.05, 3.63) is 171 Å². The molecule has 0 spiro atoms. The molecule has 0 aliphatic heterocycles. The average molecular weight is 722 g/mol. The fraction of sp³-hybridized carbons (Fsp3) is 0.0208. The molecule has 0 radical (unpaired) electrons. The second-order valence-corrected chi connectivity index (χ2v) is 14.3. The van der Waals surface area contributed by atoms with Crippen LogP contribution in [-0.2, 0) is 0 Å². The van der Waals surface area contributed by atoms with E-state index in [0.717, 1.165) is 16.7 Å². The van der Waals surface area contributed by atoms with Crippen LogP contribution >= 0.6 is 11.3 Å². The van der Waals surface area contributed by atoms with Gasteiger partial charge in [-0.15, -0.1) is 28.9 Å². The minimum Gasteiger partial charge on any atom is -0.657 e. The van der Waals surface area contributed by atoms with Gasteiger partial charge in [0, 0.05) is 49.0 Å². The van der Waals surface area contributed by atoms with Crippen molar-refractivity contribution in [2.75, 3.05) is 0 Å². The predicted octanol–water partition coefficient (Wildman–Crippen LogP) is 10.5. The summed E-state index contributed by atoms with van der Waals surface area (Å²) in [5, 5.41) is 9.85. The van der Waals surface area contributed by atoms with E-state index in [4.69, 9.17) is 4.98 Å². The van der Waals surface area contributed by atoms with E-state index in [0.29, 0.717) is 0 Å². The van der Waals surface area contributed by atoms with Crippen molar-refractivity contribution in [1.82, 2.24) is 14.5 Å². The molecule has 3 nitrogen and oxygen atoms in total. The molecular formula is C48H32KN3S. The molecule has 11 aromatic rings. The maximum absolute atomic E-state index is 4.86. The van der Waals surface area contributed by atoms with Crippen LogP contribution in [0.2, 0.25) is 0 Å². The number of hydrogen-bond donors (Lipinski definition) is 0. The summed E-state index contributed by atoms with van der Waals surface area (Å²) in [6.07, 6.45) is 5.62. The number of thiophene rings is 1. The number of rotatable bonds is 3. The molecule has 5 heteroatoms. The summed E-state index contributed by atoms with van der Waals surface area (Å²) in [6.45, 7) is 5.25. The first-order valence-electron chi connectivity index (χ1n) is 17.5. The van der Waals surface area contributed by atoms with Crippen LogP contribution in [0.25, 0.3) is 102 Å². The molecule has 53 heavy (non-hydrogen) atoms. The van der Waals surface area contributed by atoms with Gasteiger partial charge in [0.25, 0.3) is 0 Å². The molecule has 7 aromatic carbocycles. The van der Waals surface area contributed by atoms with Crippen LogP contribution in [0.4, 0.5) is 0 Å². The first-order valence-corrected chi connectivity index (χ1v) is 18.4. The zero-order valence-corrected chi connectivity index (χ0v) is 33.5. The van der Waals surface area contributed by atoms with Gasteiger partial charge in [0.2, 0.25) is 0 Å². The van der Waals surface area contributed by atoms with Crippen LogP contribution in [0.1, 0.15) is 6.92 Å². The smallest absolute Gasteiger partial charge is 0.657 e. The Kier molecular flexibility index (Phi) is 8.87. The van der Waals surface area contributed by atoms with E-state index in [1.807, 2.05) is 30.7 Å². The Morgan fingerprint density at radius 3 is 1.96 bits per heavy atom. The summed E-state index contributed by atoms with van der Waals surface area (Å²) in [6, 6.07) is 53.2. The van der Waals surface area contributed by atoms with Crippen molar-refractivity contribution in [3.63, 3.8) is 0 Å². The number of hydrogen-bond acceptors (Lipinski definition) is 2. The van der Waals surface area contributed by atoms with Gasteiger partial charge in [0.1, 0.15) is 0 Å². The molecule has 0 saturated heterocycles. The minimum absolute atomic E-state index is 0. The van der Waals surface area contributed by atoms with E-state index in [-0.39, 0.29) is 51.4 Å². The number of benzene rings is 7. The van der Waals surface area contributed by atoms with Crippen LogP contribution in [0.15, 0.2) is 171 Å². The van der Waals surface area contributed by atoms with Crippen molar-refractivity contribution >= 4 is 85.9 Å². The van der Waals surface area contributed by atoms with Crippen molar-refractivity contribution in [3.8, 4) is 27.9 Å². The molecule has 0 aliphatic rings. The van der Waals surface area contributed by atoms with Gasteiger partial charge in [-0.1, -0.05) is 109 Å². The van der Waals surface area contributed by atoms with Gasteiger partial charge in [-0.2, -0.15) is 0 Å². The largest absolute Gasteiger partial charge is 1.00 e. The topological polar surface area (TPSA) is 31.9 Å². The molecule has 0 atom stereocenters. The Balaban J connectivity index is 0.000000902. The van der Waals surface area contributed by atoms with Gasteiger partial charge >= 0.3 is 51.4 Å². The maximum atomic E-state index is 4.86. The van der Waals surface area contributed by atoms with E-state index in [1.54, 1.807) is 6.08 Å². The zero-order valence-electron chi connectivity index (χ0n) is 29.5. The maximum Gasteiger partial charge on any atom is 1.00 e. The Hall–Kier alpha value is -4.85. The summed E-state index contributed by atoms with van der Waals surface area (Å²) in [5.41, 5.74) is 10.5. The standard InChI is InChI=1S/C45H26N3S.C3H6.K/c1-2-8-33-31(18-17-30(32(33)7-1)27-14-19-41-37(23-27)34-9-3-5-11-40(34)47-41)28-13-16-36-35-10-4-6-12-42(35)48(43(36)24-28)29-15-20-44-38(25-29)39-26-46-22-21-45(39)49-44;1-3-2;/h1-26H;3H,1H2,2H3;/q-1;;+1. The summed E-state index contributed by atoms with van der Waals surface area (Å²) in [5.74, 6) is 0. The molecular weight excluding hydrogens is 690 g/mol. The van der Waals surface area contributed by atoms with Crippen LogP contribution in [0.5, 0.6) is 0 Å². The van der Waals surface area contributed by atoms with E-state index in [2.05, 4.69) is 162 Å². The van der Waals surface area contributed by atoms with E-state index < -0.39 is 0 Å². The summed E-state index contributed by atoms with van der Waals surface area (Å²) in [4.78, 5) is 9.30. The van der Waals surface area contributed by atoms with Crippen molar-refractivity contribution in [1.29, 1.82) is 0 Å². The van der Waals surface area contributed by atoms with E-state index >= 15 is 0 Å². The predicted molar refractivity (Wildman–Crippen MR) is 224 cm³/mol. The molecule has 0 fully saturated rings. The Morgan fingerprint density at radius 1 is 0.547 bits per heavy atom. The molecule has 0 amide bonds. The SMILES string of the molecule is C=CC.[K+].c1ccc2c(c1)[n-]c1ccc(-c3ccc(-c4ccc5c6ccccc6n(-c6ccc7sc8ccncc8c7c6)c5c4)c4ccccc34)cc12. The molecule has 4 heterocycles. The van der Waals surface area contributed by atoms with Gasteiger partial charge < -0.3 is 9.55 Å². The summed E-state index contributed by atoms with van der Waals surface area (Å²) >= 11 is 1.82. The summed E-state index contributed by atoms with van der Waals surface area (Å²) < 4.78 is 4.97. The summed E-state index contributed by atoms with van der Waals surface area (Å²) in [7, 11) is 0. The monoisotopic (exact) mass is 721 g/mol. The molecule has 0 N–H and O–H groups in total. The molecule has 11 rings (SSSR count).